The Morgan fingerprint density at radius 3 is 1.18 bits per heavy atom. The minimum absolute atomic E-state index is 0.139. The molecule has 7 unspecified atom stereocenters. The fraction of sp³-hybridized carbons (Fsp3) is 0.923. The van der Waals surface area contributed by atoms with E-state index in [1.165, 1.54) is 250 Å². The van der Waals surface area contributed by atoms with E-state index < -0.39 is 49.5 Å². The lowest BCUT2D eigenvalue weighted by atomic mass is 9.99. The minimum Gasteiger partial charge on any atom is -0.394 e. The zero-order chi connectivity index (χ0) is 53.6. The Kier molecular flexibility index (Phi) is 52.5. The predicted octanol–water partition coefficient (Wildman–Crippen LogP) is 16.9. The summed E-state index contributed by atoms with van der Waals surface area (Å²) in [7, 11) is 0. The van der Waals surface area contributed by atoms with Crippen molar-refractivity contribution in [3.05, 3.63) is 24.3 Å². The molecule has 0 saturated carbocycles. The number of allylic oxidation sites excluding steroid dienone is 4. The van der Waals surface area contributed by atoms with E-state index in [4.69, 9.17) is 9.47 Å². The molecule has 1 fully saturated rings. The normalized spacial score (nSPS) is 19.0. The van der Waals surface area contributed by atoms with Crippen molar-refractivity contribution in [2.45, 2.75) is 371 Å². The van der Waals surface area contributed by atoms with E-state index >= 15 is 0 Å². The number of amides is 1. The summed E-state index contributed by atoms with van der Waals surface area (Å²) >= 11 is 0. The molecule has 438 valence electrons. The third kappa shape index (κ3) is 43.6. The highest BCUT2D eigenvalue weighted by atomic mass is 16.7. The average Bonchev–Trinajstić information content (AvgIpc) is 3.40. The van der Waals surface area contributed by atoms with Gasteiger partial charge in [0.2, 0.25) is 5.91 Å². The number of carbonyl (C=O) groups excluding carboxylic acids is 1. The Morgan fingerprint density at radius 1 is 0.459 bits per heavy atom. The Morgan fingerprint density at radius 2 is 0.797 bits per heavy atom. The second-order valence-electron chi connectivity index (χ2n) is 22.9. The van der Waals surface area contributed by atoms with Crippen molar-refractivity contribution in [2.24, 2.45) is 0 Å². The van der Waals surface area contributed by atoms with Crippen molar-refractivity contribution in [3.8, 4) is 0 Å². The number of aliphatic hydroxyl groups excluding tert-OH is 5. The molecule has 0 bridgehead atoms. The molecule has 1 aliphatic heterocycles. The van der Waals surface area contributed by atoms with Gasteiger partial charge in [0.15, 0.2) is 6.29 Å². The highest BCUT2D eigenvalue weighted by molar-refractivity contribution is 5.76. The van der Waals surface area contributed by atoms with E-state index in [2.05, 4.69) is 43.5 Å². The van der Waals surface area contributed by atoms with Gasteiger partial charge >= 0.3 is 0 Å². The number of unbranched alkanes of at least 4 members (excludes halogenated alkanes) is 43. The molecular weight excluding hydrogens is 923 g/mol. The second-order valence-corrected chi connectivity index (χ2v) is 22.9. The van der Waals surface area contributed by atoms with Crippen LogP contribution in [0.2, 0.25) is 0 Å². The summed E-state index contributed by atoms with van der Waals surface area (Å²) in [4.78, 5) is 13.1. The number of rotatable bonds is 57. The van der Waals surface area contributed by atoms with E-state index in [-0.39, 0.29) is 12.5 Å². The lowest BCUT2D eigenvalue weighted by molar-refractivity contribution is -0.302. The van der Waals surface area contributed by atoms with Gasteiger partial charge in [0.1, 0.15) is 24.4 Å². The average molecular weight is 1050 g/mol. The fourth-order valence-corrected chi connectivity index (χ4v) is 10.7. The van der Waals surface area contributed by atoms with Gasteiger partial charge in [0.05, 0.1) is 25.4 Å². The van der Waals surface area contributed by atoms with Gasteiger partial charge in [-0.1, -0.05) is 301 Å². The zero-order valence-corrected chi connectivity index (χ0v) is 48.9. The van der Waals surface area contributed by atoms with E-state index in [1.807, 2.05) is 0 Å². The molecule has 1 saturated heterocycles. The summed E-state index contributed by atoms with van der Waals surface area (Å²) in [5.41, 5.74) is 0. The van der Waals surface area contributed by atoms with Crippen molar-refractivity contribution >= 4 is 5.91 Å². The van der Waals surface area contributed by atoms with Crippen molar-refractivity contribution < 1.29 is 39.8 Å². The molecule has 1 aliphatic rings. The maximum absolute atomic E-state index is 13.1. The first kappa shape index (κ1) is 70.7. The zero-order valence-electron chi connectivity index (χ0n) is 48.9. The number of hydrogen-bond donors (Lipinski definition) is 6. The smallest absolute Gasteiger partial charge is 0.220 e. The largest absolute Gasteiger partial charge is 0.394 e. The van der Waals surface area contributed by atoms with E-state index in [9.17, 15) is 30.3 Å². The van der Waals surface area contributed by atoms with Crippen LogP contribution in [-0.4, -0.2) is 87.5 Å². The van der Waals surface area contributed by atoms with Gasteiger partial charge in [-0.15, -0.1) is 0 Å². The van der Waals surface area contributed by atoms with Gasteiger partial charge in [0, 0.05) is 6.42 Å². The lowest BCUT2D eigenvalue weighted by Gasteiger charge is -2.40. The van der Waals surface area contributed by atoms with Crippen LogP contribution in [0.1, 0.15) is 328 Å². The molecule has 6 N–H and O–H groups in total. The summed E-state index contributed by atoms with van der Waals surface area (Å²) in [5, 5.41) is 54.8. The summed E-state index contributed by atoms with van der Waals surface area (Å²) in [5.74, 6) is -0.147. The molecule has 1 rings (SSSR count). The molecule has 9 nitrogen and oxygen atoms in total. The molecular formula is C65H125NO8. The van der Waals surface area contributed by atoms with E-state index in [1.54, 1.807) is 0 Å². The van der Waals surface area contributed by atoms with Crippen LogP contribution in [0.4, 0.5) is 0 Å². The van der Waals surface area contributed by atoms with Crippen LogP contribution in [0.3, 0.4) is 0 Å². The minimum atomic E-state index is -1.55. The molecule has 1 heterocycles. The second kappa shape index (κ2) is 55.0. The van der Waals surface area contributed by atoms with Gasteiger partial charge in [-0.2, -0.15) is 0 Å². The first-order chi connectivity index (χ1) is 36.3. The first-order valence-electron chi connectivity index (χ1n) is 32.5. The summed E-state index contributed by atoms with van der Waals surface area (Å²) in [6.07, 6.45) is 63.8. The monoisotopic (exact) mass is 1050 g/mol. The molecule has 0 radical (unpaired) electrons. The maximum atomic E-state index is 13.1. The number of aliphatic hydroxyl groups is 5. The topological polar surface area (TPSA) is 149 Å². The molecule has 0 aromatic carbocycles. The van der Waals surface area contributed by atoms with Crippen LogP contribution in [0.25, 0.3) is 0 Å². The van der Waals surface area contributed by atoms with E-state index in [0.29, 0.717) is 12.8 Å². The molecule has 0 aromatic rings. The fourth-order valence-electron chi connectivity index (χ4n) is 10.7. The van der Waals surface area contributed by atoms with Crippen LogP contribution >= 0.6 is 0 Å². The third-order valence-electron chi connectivity index (χ3n) is 15.8. The van der Waals surface area contributed by atoms with Crippen molar-refractivity contribution in [2.75, 3.05) is 13.2 Å². The maximum Gasteiger partial charge on any atom is 0.220 e. The Hall–Kier alpha value is -1.33. The summed E-state index contributed by atoms with van der Waals surface area (Å²) in [6, 6.07) is -0.723. The molecule has 74 heavy (non-hydrogen) atoms. The number of hydrogen-bond acceptors (Lipinski definition) is 8. The lowest BCUT2D eigenvalue weighted by Crippen LogP contribution is -2.60. The van der Waals surface area contributed by atoms with Gasteiger partial charge in [-0.25, -0.2) is 0 Å². The Labute approximate surface area is 458 Å². The molecule has 1 amide bonds. The van der Waals surface area contributed by atoms with Gasteiger partial charge in [0.25, 0.3) is 0 Å². The van der Waals surface area contributed by atoms with Crippen molar-refractivity contribution in [1.29, 1.82) is 0 Å². The molecule has 7 atom stereocenters. The van der Waals surface area contributed by atoms with Crippen LogP contribution < -0.4 is 5.32 Å². The number of carbonyl (C=O) groups is 1. The van der Waals surface area contributed by atoms with Gasteiger partial charge in [-0.05, 0) is 44.9 Å². The summed E-state index contributed by atoms with van der Waals surface area (Å²) < 4.78 is 11.3. The first-order valence-corrected chi connectivity index (χ1v) is 32.5. The molecule has 0 aromatic heterocycles. The standard InChI is InChI=1S/C65H125NO8/c1-3-5-7-9-11-13-15-17-19-21-23-24-25-26-27-28-29-30-31-32-33-34-35-36-37-38-40-42-44-46-48-50-52-54-59(68)58(57-73-65-64(72)63(71)62(70)60(56-67)74-65)66-61(69)55-53-51-49-47-45-43-41-39-22-20-18-16-14-12-10-8-6-4-2/h14,16,20,22,58-60,62-65,67-68,70-72H,3-13,15,17-19,21,23-57H2,1-2H3,(H,66,69)/b16-14-,22-20-. The van der Waals surface area contributed by atoms with Crippen LogP contribution in [-0.2, 0) is 14.3 Å². The summed E-state index contributed by atoms with van der Waals surface area (Å²) in [6.45, 7) is 3.86. The van der Waals surface area contributed by atoms with Crippen LogP contribution in [0.15, 0.2) is 24.3 Å². The molecule has 9 heteroatoms. The van der Waals surface area contributed by atoms with Crippen molar-refractivity contribution in [1.82, 2.24) is 5.32 Å². The molecule has 0 aliphatic carbocycles. The van der Waals surface area contributed by atoms with Crippen LogP contribution in [0, 0.1) is 0 Å². The van der Waals surface area contributed by atoms with E-state index in [0.717, 1.165) is 51.4 Å². The van der Waals surface area contributed by atoms with Crippen molar-refractivity contribution in [3.63, 3.8) is 0 Å². The Balaban J connectivity index is 2.10. The van der Waals surface area contributed by atoms with Crippen LogP contribution in [0.5, 0.6) is 0 Å². The van der Waals surface area contributed by atoms with Gasteiger partial charge in [-0.3, -0.25) is 4.79 Å². The predicted molar refractivity (Wildman–Crippen MR) is 314 cm³/mol. The van der Waals surface area contributed by atoms with Gasteiger partial charge < -0.3 is 40.3 Å². The highest BCUT2D eigenvalue weighted by Crippen LogP contribution is 2.24. The highest BCUT2D eigenvalue weighted by Gasteiger charge is 2.44. The number of nitrogens with one attached hydrogen (secondary N) is 1. The molecule has 0 spiro atoms. The SMILES string of the molecule is CCCCCC/C=C\C/C=C\CCCCCCCCCC(=O)NC(COC1OC(CO)C(O)C(O)C1O)C(O)CCCCCCCCCCCCCCCCCCCCCCCCCCCCCCCCCCC. The Bertz CT molecular complexity index is 1210. The quantitative estimate of drug-likeness (QED) is 0.0261. The number of ether oxygens (including phenoxy) is 2. The third-order valence-corrected chi connectivity index (χ3v) is 15.8.